The molecule has 1 N–H and O–H groups in total. The first-order chi connectivity index (χ1) is 12.0. The van der Waals surface area contributed by atoms with Gasteiger partial charge in [0.2, 0.25) is 0 Å². The minimum Gasteiger partial charge on any atom is -0.378 e. The fraction of sp³-hybridized carbons (Fsp3) is 0.235. The number of sulfonamides is 1. The molecule has 1 aliphatic heterocycles. The minimum atomic E-state index is -3.79. The summed E-state index contributed by atoms with van der Waals surface area (Å²) in [5.74, 6) is 0. The Morgan fingerprint density at radius 3 is 2.44 bits per heavy atom. The first-order valence-corrected chi connectivity index (χ1v) is 9.51. The van der Waals surface area contributed by atoms with Crippen LogP contribution in [0, 0.1) is 11.3 Å². The van der Waals surface area contributed by atoms with Gasteiger partial charge in [0.15, 0.2) is 0 Å². The number of ether oxygens (including phenoxy) is 1. The van der Waals surface area contributed by atoms with Gasteiger partial charge in [-0.2, -0.15) is 5.26 Å². The Morgan fingerprint density at radius 1 is 1.12 bits per heavy atom. The molecule has 1 saturated heterocycles. The van der Waals surface area contributed by atoms with Crippen molar-refractivity contribution in [2.24, 2.45) is 0 Å². The van der Waals surface area contributed by atoms with E-state index in [1.807, 2.05) is 11.0 Å². The Hall–Kier alpha value is -2.27. The molecule has 2 aromatic rings. The second kappa shape index (κ2) is 7.31. The molecule has 0 radical (unpaired) electrons. The van der Waals surface area contributed by atoms with E-state index in [-0.39, 0.29) is 4.90 Å². The number of nitrogens with one attached hydrogen (secondary N) is 1. The number of benzene rings is 2. The third-order valence-corrected chi connectivity index (χ3v) is 5.54. The predicted molar refractivity (Wildman–Crippen MR) is 96.4 cm³/mol. The molecule has 130 valence electrons. The minimum absolute atomic E-state index is 0.0828. The van der Waals surface area contributed by atoms with Gasteiger partial charge < -0.3 is 9.64 Å². The highest BCUT2D eigenvalue weighted by Gasteiger charge is 2.22. The van der Waals surface area contributed by atoms with Crippen molar-refractivity contribution in [3.63, 3.8) is 0 Å². The van der Waals surface area contributed by atoms with Crippen LogP contribution in [0.25, 0.3) is 0 Å². The molecule has 0 unspecified atom stereocenters. The topological polar surface area (TPSA) is 82.4 Å². The Kier molecular flexibility index (Phi) is 5.13. The summed E-state index contributed by atoms with van der Waals surface area (Å²) >= 11 is 6.32. The Balaban J connectivity index is 1.94. The monoisotopic (exact) mass is 377 g/mol. The Morgan fingerprint density at radius 2 is 1.80 bits per heavy atom. The van der Waals surface area contributed by atoms with E-state index in [0.717, 1.165) is 0 Å². The molecule has 0 spiro atoms. The molecule has 1 aliphatic rings. The van der Waals surface area contributed by atoms with Crippen molar-refractivity contribution >= 4 is 33.0 Å². The van der Waals surface area contributed by atoms with Gasteiger partial charge in [0.25, 0.3) is 10.0 Å². The lowest BCUT2D eigenvalue weighted by molar-refractivity contribution is 0.123. The van der Waals surface area contributed by atoms with Crippen molar-refractivity contribution in [3.05, 3.63) is 53.1 Å². The molecule has 1 fully saturated rings. The zero-order valence-electron chi connectivity index (χ0n) is 13.3. The van der Waals surface area contributed by atoms with Crippen LogP contribution in [-0.4, -0.2) is 34.7 Å². The molecule has 0 aromatic heterocycles. The number of para-hydroxylation sites is 1. The number of nitriles is 1. The first-order valence-electron chi connectivity index (χ1n) is 7.65. The van der Waals surface area contributed by atoms with Crippen LogP contribution < -0.4 is 9.62 Å². The van der Waals surface area contributed by atoms with Gasteiger partial charge in [0.05, 0.1) is 46.1 Å². The summed E-state index contributed by atoms with van der Waals surface area (Å²) in [6.07, 6.45) is 0. The van der Waals surface area contributed by atoms with Gasteiger partial charge in [0.1, 0.15) is 0 Å². The van der Waals surface area contributed by atoms with E-state index >= 15 is 0 Å². The number of halogens is 1. The van der Waals surface area contributed by atoms with Gasteiger partial charge in [-0.1, -0.05) is 17.7 Å². The largest absolute Gasteiger partial charge is 0.378 e. The highest BCUT2D eigenvalue weighted by Crippen LogP contribution is 2.35. The lowest BCUT2D eigenvalue weighted by Crippen LogP contribution is -2.37. The van der Waals surface area contributed by atoms with Gasteiger partial charge in [0, 0.05) is 13.1 Å². The predicted octanol–water partition coefficient (Wildman–Crippen LogP) is 2.85. The maximum atomic E-state index is 12.7. The summed E-state index contributed by atoms with van der Waals surface area (Å²) in [6, 6.07) is 12.8. The normalized spacial score (nSPS) is 14.8. The zero-order chi connectivity index (χ0) is 17.9. The van der Waals surface area contributed by atoms with Crippen LogP contribution in [0.3, 0.4) is 0 Å². The van der Waals surface area contributed by atoms with Crippen molar-refractivity contribution < 1.29 is 13.2 Å². The van der Waals surface area contributed by atoms with E-state index in [1.54, 1.807) is 18.2 Å². The molecule has 2 aromatic carbocycles. The second-order valence-electron chi connectivity index (χ2n) is 5.48. The highest BCUT2D eigenvalue weighted by atomic mass is 35.5. The third-order valence-electron chi connectivity index (χ3n) is 3.85. The standard InChI is InChI=1S/C17H16ClN3O3S/c18-15-2-1-3-16(17(15)21-8-10-24-11-9-21)20-25(22,23)14-6-4-13(12-19)5-7-14/h1-7,20H,8-11H2. The van der Waals surface area contributed by atoms with Crippen LogP contribution in [0.2, 0.25) is 5.02 Å². The van der Waals surface area contributed by atoms with Crippen molar-refractivity contribution in [1.82, 2.24) is 0 Å². The van der Waals surface area contributed by atoms with Crippen molar-refractivity contribution in [3.8, 4) is 6.07 Å². The molecule has 0 bridgehead atoms. The van der Waals surface area contributed by atoms with Crippen molar-refractivity contribution in [2.45, 2.75) is 4.90 Å². The average Bonchev–Trinajstić information content (AvgIpc) is 2.62. The summed E-state index contributed by atoms with van der Waals surface area (Å²) < 4.78 is 33.3. The maximum Gasteiger partial charge on any atom is 0.261 e. The summed E-state index contributed by atoms with van der Waals surface area (Å²) in [4.78, 5) is 2.09. The van der Waals surface area contributed by atoms with E-state index in [9.17, 15) is 8.42 Å². The number of hydrogen-bond acceptors (Lipinski definition) is 5. The highest BCUT2D eigenvalue weighted by molar-refractivity contribution is 7.92. The van der Waals surface area contributed by atoms with Gasteiger partial charge >= 0.3 is 0 Å². The molecule has 3 rings (SSSR count). The lowest BCUT2D eigenvalue weighted by Gasteiger charge is -2.31. The average molecular weight is 378 g/mol. The van der Waals surface area contributed by atoms with E-state index < -0.39 is 10.0 Å². The molecule has 0 amide bonds. The van der Waals surface area contributed by atoms with Crippen molar-refractivity contribution in [2.75, 3.05) is 35.9 Å². The van der Waals surface area contributed by atoms with Crippen LogP contribution in [0.15, 0.2) is 47.4 Å². The number of morpholine rings is 1. The molecule has 0 aliphatic carbocycles. The fourth-order valence-corrected chi connectivity index (χ4v) is 3.98. The third kappa shape index (κ3) is 3.87. The summed E-state index contributed by atoms with van der Waals surface area (Å²) in [7, 11) is -3.79. The molecule has 0 atom stereocenters. The molecule has 8 heteroatoms. The van der Waals surface area contributed by atoms with Crippen LogP contribution in [0.1, 0.15) is 5.56 Å². The molecular formula is C17H16ClN3O3S. The number of hydrogen-bond donors (Lipinski definition) is 1. The quantitative estimate of drug-likeness (QED) is 0.885. The first kappa shape index (κ1) is 17.5. The Labute approximate surface area is 151 Å². The molecule has 25 heavy (non-hydrogen) atoms. The lowest BCUT2D eigenvalue weighted by atomic mass is 10.2. The van der Waals surface area contributed by atoms with Crippen molar-refractivity contribution in [1.29, 1.82) is 5.26 Å². The van der Waals surface area contributed by atoms with Gasteiger partial charge in [-0.05, 0) is 36.4 Å². The second-order valence-corrected chi connectivity index (χ2v) is 7.57. The van der Waals surface area contributed by atoms with E-state index in [2.05, 4.69) is 4.72 Å². The summed E-state index contributed by atoms with van der Waals surface area (Å²) in [6.45, 7) is 2.39. The van der Waals surface area contributed by atoms with Crippen LogP contribution >= 0.6 is 11.6 Å². The maximum absolute atomic E-state index is 12.7. The van der Waals surface area contributed by atoms with E-state index in [0.29, 0.717) is 48.3 Å². The summed E-state index contributed by atoms with van der Waals surface area (Å²) in [5, 5.41) is 9.31. The molecular weight excluding hydrogens is 362 g/mol. The number of anilines is 2. The van der Waals surface area contributed by atoms with E-state index in [1.165, 1.54) is 24.3 Å². The zero-order valence-corrected chi connectivity index (χ0v) is 14.8. The molecule has 0 saturated carbocycles. The van der Waals surface area contributed by atoms with Gasteiger partial charge in [-0.25, -0.2) is 8.42 Å². The molecule has 1 heterocycles. The number of nitrogens with zero attached hydrogens (tertiary/aromatic N) is 2. The van der Waals surface area contributed by atoms with Gasteiger partial charge in [-0.15, -0.1) is 0 Å². The van der Waals surface area contributed by atoms with Crippen LogP contribution in [0.4, 0.5) is 11.4 Å². The fourth-order valence-electron chi connectivity index (χ4n) is 2.62. The SMILES string of the molecule is N#Cc1ccc(S(=O)(=O)Nc2cccc(Cl)c2N2CCOCC2)cc1. The summed E-state index contributed by atoms with van der Waals surface area (Å²) in [5.41, 5.74) is 1.46. The Bertz CT molecular complexity index is 902. The van der Waals surface area contributed by atoms with Crippen LogP contribution in [0.5, 0.6) is 0 Å². The molecule has 6 nitrogen and oxygen atoms in total. The number of rotatable bonds is 4. The van der Waals surface area contributed by atoms with E-state index in [4.69, 9.17) is 21.6 Å². The smallest absolute Gasteiger partial charge is 0.261 e. The van der Waals surface area contributed by atoms with Gasteiger partial charge in [-0.3, -0.25) is 4.72 Å². The van der Waals surface area contributed by atoms with Crippen LogP contribution in [-0.2, 0) is 14.8 Å².